The highest BCUT2D eigenvalue weighted by Crippen LogP contribution is 2.16. The summed E-state index contributed by atoms with van der Waals surface area (Å²) in [6.07, 6.45) is 3.31. The van der Waals surface area contributed by atoms with E-state index in [9.17, 15) is 0 Å². The van der Waals surface area contributed by atoms with Crippen LogP contribution < -0.4 is 9.47 Å². The number of rotatable bonds is 6. The lowest BCUT2D eigenvalue weighted by Crippen LogP contribution is -2.01. The molecule has 0 aliphatic heterocycles. The summed E-state index contributed by atoms with van der Waals surface area (Å²) in [6.45, 7) is 0. The molecule has 4 heteroatoms. The molecule has 2 aromatic carbocycles. The van der Waals surface area contributed by atoms with Crippen LogP contribution in [0.25, 0.3) is 0 Å². The smallest absolute Gasteiger partial charge is 0.132 e. The second-order valence-corrected chi connectivity index (χ2v) is 5.51. The third-order valence-electron chi connectivity index (χ3n) is 3.83. The van der Waals surface area contributed by atoms with E-state index in [1.165, 1.54) is 5.56 Å². The van der Waals surface area contributed by atoms with Crippen LogP contribution in [0.15, 0.2) is 60.8 Å². The van der Waals surface area contributed by atoms with Crippen LogP contribution in [-0.4, -0.2) is 24.2 Å². The normalized spacial score (nSPS) is 10.4. The van der Waals surface area contributed by atoms with Gasteiger partial charge in [0.25, 0.3) is 0 Å². The lowest BCUT2D eigenvalue weighted by atomic mass is 10.1. The molecule has 0 saturated heterocycles. The first-order chi connectivity index (χ1) is 11.8. The molecule has 1 aromatic heterocycles. The van der Waals surface area contributed by atoms with Crippen LogP contribution in [0.1, 0.15) is 22.6 Å². The summed E-state index contributed by atoms with van der Waals surface area (Å²) in [4.78, 5) is 9.06. The topological polar surface area (TPSA) is 44.2 Å². The van der Waals surface area contributed by atoms with Gasteiger partial charge in [-0.25, -0.2) is 9.97 Å². The largest absolute Gasteiger partial charge is 0.497 e. The van der Waals surface area contributed by atoms with E-state index in [0.717, 1.165) is 35.0 Å². The van der Waals surface area contributed by atoms with E-state index in [4.69, 9.17) is 9.47 Å². The monoisotopic (exact) mass is 320 g/mol. The van der Waals surface area contributed by atoms with Crippen molar-refractivity contribution in [2.24, 2.45) is 0 Å². The van der Waals surface area contributed by atoms with E-state index in [1.54, 1.807) is 14.2 Å². The maximum atomic E-state index is 5.19. The number of hydrogen-bond donors (Lipinski definition) is 0. The number of aromatic nitrogens is 2. The molecule has 0 bridgehead atoms. The Hall–Kier alpha value is -2.88. The molecule has 0 fully saturated rings. The molecule has 3 rings (SSSR count). The molecule has 0 saturated carbocycles. The third-order valence-corrected chi connectivity index (χ3v) is 3.83. The lowest BCUT2D eigenvalue weighted by molar-refractivity contribution is 0.414. The van der Waals surface area contributed by atoms with Gasteiger partial charge in [-0.3, -0.25) is 0 Å². The van der Waals surface area contributed by atoms with Crippen molar-refractivity contribution in [1.29, 1.82) is 0 Å². The fraction of sp³-hybridized carbons (Fsp3) is 0.200. The van der Waals surface area contributed by atoms with E-state index in [1.807, 2.05) is 48.7 Å². The number of hydrogen-bond acceptors (Lipinski definition) is 4. The maximum Gasteiger partial charge on any atom is 0.132 e. The van der Waals surface area contributed by atoms with Crippen LogP contribution in [0.2, 0.25) is 0 Å². The first kappa shape index (κ1) is 16.0. The van der Waals surface area contributed by atoms with E-state index >= 15 is 0 Å². The number of benzene rings is 2. The Morgan fingerprint density at radius 1 is 0.708 bits per heavy atom. The van der Waals surface area contributed by atoms with E-state index in [-0.39, 0.29) is 0 Å². The SMILES string of the molecule is COc1ccc(Cc2ccnc(Cc3ccc(OC)cc3)n2)cc1. The highest BCUT2D eigenvalue weighted by atomic mass is 16.5. The van der Waals surface area contributed by atoms with Gasteiger partial charge >= 0.3 is 0 Å². The van der Waals surface area contributed by atoms with Gasteiger partial charge in [0.2, 0.25) is 0 Å². The molecule has 0 unspecified atom stereocenters. The Kier molecular flexibility index (Phi) is 5.06. The third kappa shape index (κ3) is 4.10. The summed E-state index contributed by atoms with van der Waals surface area (Å²) in [5.41, 5.74) is 3.38. The Labute approximate surface area is 142 Å². The molecular weight excluding hydrogens is 300 g/mol. The molecule has 1 heterocycles. The maximum absolute atomic E-state index is 5.19. The predicted molar refractivity (Wildman–Crippen MR) is 93.6 cm³/mol. The zero-order chi connectivity index (χ0) is 16.8. The molecule has 0 radical (unpaired) electrons. The van der Waals surface area contributed by atoms with Gasteiger partial charge in [0.1, 0.15) is 17.3 Å². The van der Waals surface area contributed by atoms with Crippen molar-refractivity contribution in [3.05, 3.63) is 83.4 Å². The Morgan fingerprint density at radius 3 is 1.79 bits per heavy atom. The van der Waals surface area contributed by atoms with Gasteiger partial charge in [-0.05, 0) is 41.5 Å². The molecule has 0 amide bonds. The molecule has 24 heavy (non-hydrogen) atoms. The first-order valence-electron chi connectivity index (χ1n) is 7.83. The van der Waals surface area contributed by atoms with Gasteiger partial charge in [-0.15, -0.1) is 0 Å². The molecule has 0 N–H and O–H groups in total. The summed E-state index contributed by atoms with van der Waals surface area (Å²) in [5, 5.41) is 0. The average Bonchev–Trinajstić information content (AvgIpc) is 2.63. The van der Waals surface area contributed by atoms with E-state index in [0.29, 0.717) is 6.42 Å². The van der Waals surface area contributed by atoms with Crippen molar-refractivity contribution >= 4 is 0 Å². The Morgan fingerprint density at radius 2 is 1.25 bits per heavy atom. The minimum atomic E-state index is 0.709. The molecule has 0 aliphatic rings. The molecule has 0 aliphatic carbocycles. The lowest BCUT2D eigenvalue weighted by Gasteiger charge is -2.06. The zero-order valence-corrected chi connectivity index (χ0v) is 13.9. The van der Waals surface area contributed by atoms with Gasteiger partial charge in [0.05, 0.1) is 14.2 Å². The summed E-state index contributed by atoms with van der Waals surface area (Å²) < 4.78 is 10.4. The predicted octanol–water partition coefficient (Wildman–Crippen LogP) is 3.68. The standard InChI is InChI=1S/C20H20N2O2/c1-23-18-7-3-15(4-8-18)13-17-11-12-21-20(22-17)14-16-5-9-19(24-2)10-6-16/h3-12H,13-14H2,1-2H3. The van der Waals surface area contributed by atoms with Crippen molar-refractivity contribution in [2.75, 3.05) is 14.2 Å². The second-order valence-electron chi connectivity index (χ2n) is 5.51. The van der Waals surface area contributed by atoms with Crippen LogP contribution >= 0.6 is 0 Å². The Balaban J connectivity index is 1.70. The Bertz CT molecular complexity index is 719. The van der Waals surface area contributed by atoms with Crippen molar-refractivity contribution < 1.29 is 9.47 Å². The van der Waals surface area contributed by atoms with E-state index in [2.05, 4.69) is 22.1 Å². The van der Waals surface area contributed by atoms with Crippen LogP contribution in [0.5, 0.6) is 11.5 Å². The van der Waals surface area contributed by atoms with Gasteiger partial charge in [0, 0.05) is 24.7 Å². The van der Waals surface area contributed by atoms with E-state index < -0.39 is 0 Å². The number of methoxy groups -OCH3 is 2. The molecular formula is C20H20N2O2. The van der Waals surface area contributed by atoms with Crippen molar-refractivity contribution in [3.8, 4) is 11.5 Å². The molecule has 3 aromatic rings. The second kappa shape index (κ2) is 7.59. The van der Waals surface area contributed by atoms with Gasteiger partial charge in [-0.1, -0.05) is 24.3 Å². The van der Waals surface area contributed by atoms with Crippen LogP contribution in [0.3, 0.4) is 0 Å². The highest BCUT2D eigenvalue weighted by molar-refractivity contribution is 5.31. The van der Waals surface area contributed by atoms with Gasteiger partial charge < -0.3 is 9.47 Å². The average molecular weight is 320 g/mol. The van der Waals surface area contributed by atoms with Gasteiger partial charge in [0.15, 0.2) is 0 Å². The highest BCUT2D eigenvalue weighted by Gasteiger charge is 2.04. The molecule has 122 valence electrons. The van der Waals surface area contributed by atoms with Gasteiger partial charge in [-0.2, -0.15) is 0 Å². The number of ether oxygens (including phenoxy) is 2. The molecule has 4 nitrogen and oxygen atoms in total. The summed E-state index contributed by atoms with van der Waals surface area (Å²) in [7, 11) is 3.34. The number of nitrogens with zero attached hydrogens (tertiary/aromatic N) is 2. The zero-order valence-electron chi connectivity index (χ0n) is 13.9. The quantitative estimate of drug-likeness (QED) is 0.695. The minimum Gasteiger partial charge on any atom is -0.497 e. The van der Waals surface area contributed by atoms with Crippen LogP contribution in [0.4, 0.5) is 0 Å². The first-order valence-corrected chi connectivity index (χ1v) is 7.83. The summed E-state index contributed by atoms with van der Waals surface area (Å²) in [6, 6.07) is 18.0. The summed E-state index contributed by atoms with van der Waals surface area (Å²) in [5.74, 6) is 2.54. The van der Waals surface area contributed by atoms with Crippen LogP contribution in [0, 0.1) is 0 Å². The van der Waals surface area contributed by atoms with Crippen molar-refractivity contribution in [3.63, 3.8) is 0 Å². The van der Waals surface area contributed by atoms with Crippen molar-refractivity contribution in [1.82, 2.24) is 9.97 Å². The molecule has 0 spiro atoms. The molecule has 0 atom stereocenters. The fourth-order valence-corrected chi connectivity index (χ4v) is 2.50. The fourth-order valence-electron chi connectivity index (χ4n) is 2.50. The summed E-state index contributed by atoms with van der Waals surface area (Å²) >= 11 is 0. The van der Waals surface area contributed by atoms with Crippen molar-refractivity contribution in [2.45, 2.75) is 12.8 Å². The van der Waals surface area contributed by atoms with Crippen LogP contribution in [-0.2, 0) is 12.8 Å². The minimum absolute atomic E-state index is 0.709.